The van der Waals surface area contributed by atoms with Gasteiger partial charge in [-0.3, -0.25) is 9.36 Å². The summed E-state index contributed by atoms with van der Waals surface area (Å²) in [5.41, 5.74) is 3.49. The van der Waals surface area contributed by atoms with Crippen LogP contribution in [-0.4, -0.2) is 31.7 Å². The third-order valence-electron chi connectivity index (χ3n) is 6.32. The number of amides is 1. The first kappa shape index (κ1) is 18.9. The molecule has 1 amide bonds. The van der Waals surface area contributed by atoms with E-state index in [1.165, 1.54) is 21.4 Å². The summed E-state index contributed by atoms with van der Waals surface area (Å²) in [6.07, 6.45) is 3.97. The van der Waals surface area contributed by atoms with Crippen LogP contribution in [0.25, 0.3) is 0 Å². The van der Waals surface area contributed by atoms with E-state index in [2.05, 4.69) is 35.4 Å². The molecule has 0 spiro atoms. The molecule has 3 aromatic rings. The van der Waals surface area contributed by atoms with Crippen molar-refractivity contribution in [3.05, 3.63) is 87.6 Å². The summed E-state index contributed by atoms with van der Waals surface area (Å²) in [7, 11) is 0. The first-order chi connectivity index (χ1) is 14.7. The number of fused-ring (bicyclic) bond motifs is 2. The fourth-order valence-electron chi connectivity index (χ4n) is 4.72. The highest BCUT2D eigenvalue weighted by Crippen LogP contribution is 2.33. The molecule has 3 heterocycles. The molecular formula is C24H26N4O2. The highest BCUT2D eigenvalue weighted by molar-refractivity contribution is 5.76. The topological polar surface area (TPSA) is 60.1 Å². The average Bonchev–Trinajstić information content (AvgIpc) is 2.94. The molecule has 2 aliphatic heterocycles. The van der Waals surface area contributed by atoms with Gasteiger partial charge in [-0.05, 0) is 29.5 Å². The molecule has 0 bridgehead atoms. The molecule has 0 fully saturated rings. The van der Waals surface area contributed by atoms with Crippen molar-refractivity contribution in [3.63, 3.8) is 0 Å². The van der Waals surface area contributed by atoms with Gasteiger partial charge in [-0.15, -0.1) is 0 Å². The molecule has 0 aliphatic carbocycles. The molecule has 154 valence electrons. The Hall–Kier alpha value is -3.15. The molecule has 1 atom stereocenters. The van der Waals surface area contributed by atoms with Gasteiger partial charge in [0.15, 0.2) is 0 Å². The van der Waals surface area contributed by atoms with Crippen LogP contribution in [0.5, 0.6) is 0 Å². The molecule has 0 radical (unpaired) electrons. The van der Waals surface area contributed by atoms with E-state index in [9.17, 15) is 9.59 Å². The third kappa shape index (κ3) is 3.47. The van der Waals surface area contributed by atoms with Crippen molar-refractivity contribution >= 4 is 5.91 Å². The minimum Gasteiger partial charge on any atom is -0.336 e. The number of nitrogens with zero attached hydrogens (tertiary/aromatic N) is 4. The Morgan fingerprint density at radius 2 is 1.80 bits per heavy atom. The Balaban J connectivity index is 1.41. The van der Waals surface area contributed by atoms with Gasteiger partial charge in [-0.1, -0.05) is 61.0 Å². The Morgan fingerprint density at radius 1 is 1.00 bits per heavy atom. The van der Waals surface area contributed by atoms with Gasteiger partial charge in [0.25, 0.3) is 0 Å². The van der Waals surface area contributed by atoms with E-state index in [-0.39, 0.29) is 24.1 Å². The zero-order chi connectivity index (χ0) is 20.5. The van der Waals surface area contributed by atoms with Gasteiger partial charge in [0.2, 0.25) is 5.91 Å². The van der Waals surface area contributed by atoms with E-state index in [0.29, 0.717) is 19.6 Å². The number of rotatable bonds is 3. The first-order valence-corrected chi connectivity index (χ1v) is 10.8. The molecule has 0 saturated carbocycles. The van der Waals surface area contributed by atoms with E-state index in [1.807, 2.05) is 29.2 Å². The number of benzene rings is 2. The molecule has 1 aromatic heterocycles. The van der Waals surface area contributed by atoms with Crippen molar-refractivity contribution in [2.75, 3.05) is 6.54 Å². The lowest BCUT2D eigenvalue weighted by molar-refractivity contribution is -0.133. The first-order valence-electron chi connectivity index (χ1n) is 10.8. The number of aryl methyl sites for hydroxylation is 1. The van der Waals surface area contributed by atoms with Crippen molar-refractivity contribution < 1.29 is 4.79 Å². The van der Waals surface area contributed by atoms with Crippen LogP contribution in [0.2, 0.25) is 0 Å². The molecule has 6 heteroatoms. The third-order valence-corrected chi connectivity index (χ3v) is 6.32. The summed E-state index contributed by atoms with van der Waals surface area (Å²) in [4.78, 5) is 27.8. The fourth-order valence-corrected chi connectivity index (χ4v) is 4.72. The van der Waals surface area contributed by atoms with Crippen molar-refractivity contribution in [3.8, 4) is 0 Å². The van der Waals surface area contributed by atoms with Gasteiger partial charge in [0.05, 0.1) is 0 Å². The maximum atomic E-state index is 13.2. The summed E-state index contributed by atoms with van der Waals surface area (Å²) in [5.74, 6) is 0.896. The highest BCUT2D eigenvalue weighted by Gasteiger charge is 2.29. The lowest BCUT2D eigenvalue weighted by Gasteiger charge is -2.35. The van der Waals surface area contributed by atoms with Crippen molar-refractivity contribution in [1.82, 2.24) is 19.2 Å². The molecule has 0 saturated heterocycles. The number of aromatic nitrogens is 3. The predicted molar refractivity (Wildman–Crippen MR) is 114 cm³/mol. The molecule has 30 heavy (non-hydrogen) atoms. The zero-order valence-corrected chi connectivity index (χ0v) is 17.0. The van der Waals surface area contributed by atoms with Crippen LogP contribution in [0, 0.1) is 0 Å². The second-order valence-corrected chi connectivity index (χ2v) is 8.26. The SMILES string of the molecule is O=C(Cn1nc2n(c1=O)CCCCC2)N1Cc2ccccc2[C@H](c2ccccc2)C1. The van der Waals surface area contributed by atoms with Crippen LogP contribution in [-0.2, 0) is 30.8 Å². The van der Waals surface area contributed by atoms with Gasteiger partial charge < -0.3 is 4.90 Å². The predicted octanol–water partition coefficient (Wildman–Crippen LogP) is 2.95. The fraction of sp³-hybridized carbons (Fsp3) is 0.375. The van der Waals surface area contributed by atoms with E-state index < -0.39 is 0 Å². The number of carbonyl (C=O) groups is 1. The number of carbonyl (C=O) groups excluding carboxylic acids is 1. The maximum absolute atomic E-state index is 13.2. The lowest BCUT2D eigenvalue weighted by atomic mass is 9.84. The van der Waals surface area contributed by atoms with Crippen LogP contribution >= 0.6 is 0 Å². The van der Waals surface area contributed by atoms with Crippen molar-refractivity contribution in [2.45, 2.75) is 51.2 Å². The summed E-state index contributed by atoms with van der Waals surface area (Å²) in [6, 6.07) is 18.7. The quantitative estimate of drug-likeness (QED) is 0.677. The zero-order valence-electron chi connectivity index (χ0n) is 17.0. The van der Waals surface area contributed by atoms with Crippen LogP contribution in [0.15, 0.2) is 59.4 Å². The van der Waals surface area contributed by atoms with Crippen LogP contribution in [0.4, 0.5) is 0 Å². The maximum Gasteiger partial charge on any atom is 0.346 e. The standard InChI is InChI=1S/C24H26N4O2/c29-23(17-28-24(30)27-14-8-2-5-13-22(27)25-28)26-15-19-11-6-7-12-20(19)21(16-26)18-9-3-1-4-10-18/h1,3-4,6-7,9-12,21H,2,5,8,13-17H2/t21-/m0/s1. The van der Waals surface area contributed by atoms with Crippen molar-refractivity contribution in [1.29, 1.82) is 0 Å². The van der Waals surface area contributed by atoms with Crippen LogP contribution in [0.1, 0.15) is 47.7 Å². The molecule has 2 aliphatic rings. The summed E-state index contributed by atoms with van der Waals surface area (Å²) in [6.45, 7) is 1.89. The largest absolute Gasteiger partial charge is 0.346 e. The molecule has 0 unspecified atom stereocenters. The van der Waals surface area contributed by atoms with E-state index in [4.69, 9.17) is 0 Å². The van der Waals surface area contributed by atoms with Gasteiger partial charge >= 0.3 is 5.69 Å². The lowest BCUT2D eigenvalue weighted by Crippen LogP contribution is -2.42. The smallest absolute Gasteiger partial charge is 0.336 e. The molecular weight excluding hydrogens is 376 g/mol. The van der Waals surface area contributed by atoms with E-state index in [0.717, 1.165) is 31.5 Å². The minimum atomic E-state index is -0.155. The summed E-state index contributed by atoms with van der Waals surface area (Å²) >= 11 is 0. The summed E-state index contributed by atoms with van der Waals surface area (Å²) in [5, 5.41) is 4.49. The van der Waals surface area contributed by atoms with Crippen LogP contribution in [0.3, 0.4) is 0 Å². The minimum absolute atomic E-state index is 0.00249. The normalized spacial score (nSPS) is 18.4. The molecule has 5 rings (SSSR count). The Kier molecular flexibility index (Phi) is 4.99. The second kappa shape index (κ2) is 7.94. The van der Waals surface area contributed by atoms with E-state index in [1.54, 1.807) is 4.57 Å². The van der Waals surface area contributed by atoms with Gasteiger partial charge in [0, 0.05) is 32.0 Å². The highest BCUT2D eigenvalue weighted by atomic mass is 16.2. The van der Waals surface area contributed by atoms with Crippen molar-refractivity contribution in [2.24, 2.45) is 0 Å². The Bertz CT molecular complexity index is 1120. The number of hydrogen-bond donors (Lipinski definition) is 0. The van der Waals surface area contributed by atoms with Crippen LogP contribution < -0.4 is 5.69 Å². The van der Waals surface area contributed by atoms with E-state index >= 15 is 0 Å². The Labute approximate surface area is 175 Å². The summed E-state index contributed by atoms with van der Waals surface area (Å²) < 4.78 is 3.11. The average molecular weight is 402 g/mol. The molecule has 6 nitrogen and oxygen atoms in total. The van der Waals surface area contributed by atoms with Gasteiger partial charge in [-0.25, -0.2) is 9.48 Å². The Morgan fingerprint density at radius 3 is 2.67 bits per heavy atom. The molecule has 0 N–H and O–H groups in total. The van der Waals surface area contributed by atoms with Gasteiger partial charge in [-0.2, -0.15) is 5.10 Å². The number of hydrogen-bond acceptors (Lipinski definition) is 3. The van der Waals surface area contributed by atoms with Gasteiger partial charge in [0.1, 0.15) is 12.4 Å². The molecule has 2 aromatic carbocycles. The second-order valence-electron chi connectivity index (χ2n) is 8.26. The monoisotopic (exact) mass is 402 g/mol.